The number of nitrogens with zero attached hydrogens (tertiary/aromatic N) is 2. The fraction of sp³-hybridized carbons (Fsp3) is 0.947. The molecular formula is C19H38N4O. The largest absolute Gasteiger partial charge is 0.382 e. The van der Waals surface area contributed by atoms with E-state index in [0.29, 0.717) is 5.41 Å². The first-order valence-electron chi connectivity index (χ1n) is 9.96. The van der Waals surface area contributed by atoms with Gasteiger partial charge in [0.1, 0.15) is 0 Å². The van der Waals surface area contributed by atoms with Gasteiger partial charge < -0.3 is 20.3 Å². The summed E-state index contributed by atoms with van der Waals surface area (Å²) >= 11 is 0. The second-order valence-corrected chi connectivity index (χ2v) is 7.51. The Bertz CT molecular complexity index is 380. The summed E-state index contributed by atoms with van der Waals surface area (Å²) in [5.74, 6) is 1.72. The van der Waals surface area contributed by atoms with Gasteiger partial charge in [0.15, 0.2) is 5.96 Å². The minimum Gasteiger partial charge on any atom is -0.382 e. The maximum absolute atomic E-state index is 5.61. The second kappa shape index (κ2) is 10.2. The Morgan fingerprint density at radius 3 is 2.67 bits per heavy atom. The highest BCUT2D eigenvalue weighted by molar-refractivity contribution is 5.79. The number of ether oxygens (including phenoxy) is 1. The van der Waals surface area contributed by atoms with E-state index in [1.165, 1.54) is 58.2 Å². The van der Waals surface area contributed by atoms with Crippen LogP contribution in [0.1, 0.15) is 52.4 Å². The molecule has 1 heterocycles. The Morgan fingerprint density at radius 1 is 1.25 bits per heavy atom. The standard InChI is InChI=1S/C19H38N4O/c1-4-23-12-8-17(15-23)14-21-18(20-3)22-16-19(9-6-7-10-19)11-13-24-5-2/h17H,4-16H2,1-3H3,(H2,20,21,22). The molecule has 5 nitrogen and oxygen atoms in total. The number of rotatable bonds is 9. The van der Waals surface area contributed by atoms with Crippen LogP contribution >= 0.6 is 0 Å². The number of likely N-dealkylation sites (tertiary alicyclic amines) is 1. The van der Waals surface area contributed by atoms with Crippen molar-refractivity contribution in [2.24, 2.45) is 16.3 Å². The number of aliphatic imine (C=N–C) groups is 1. The smallest absolute Gasteiger partial charge is 0.191 e. The van der Waals surface area contributed by atoms with Gasteiger partial charge in [-0.05, 0) is 57.0 Å². The Morgan fingerprint density at radius 2 is 2.04 bits per heavy atom. The van der Waals surface area contributed by atoms with Gasteiger partial charge in [-0.15, -0.1) is 0 Å². The van der Waals surface area contributed by atoms with Crippen molar-refractivity contribution in [3.05, 3.63) is 0 Å². The van der Waals surface area contributed by atoms with E-state index >= 15 is 0 Å². The topological polar surface area (TPSA) is 48.9 Å². The van der Waals surface area contributed by atoms with Crippen LogP contribution in [0.2, 0.25) is 0 Å². The molecule has 1 saturated heterocycles. The lowest BCUT2D eigenvalue weighted by Gasteiger charge is -2.30. The van der Waals surface area contributed by atoms with Crippen LogP contribution in [-0.4, -0.2) is 63.8 Å². The van der Waals surface area contributed by atoms with Gasteiger partial charge in [0, 0.05) is 39.9 Å². The quantitative estimate of drug-likeness (QED) is 0.385. The lowest BCUT2D eigenvalue weighted by molar-refractivity contribution is 0.105. The summed E-state index contributed by atoms with van der Waals surface area (Å²) in [4.78, 5) is 6.96. The molecule has 5 heteroatoms. The monoisotopic (exact) mass is 338 g/mol. The highest BCUT2D eigenvalue weighted by Gasteiger charge is 2.33. The summed E-state index contributed by atoms with van der Waals surface area (Å²) in [5, 5.41) is 7.14. The van der Waals surface area contributed by atoms with E-state index in [4.69, 9.17) is 4.74 Å². The van der Waals surface area contributed by atoms with Gasteiger partial charge in [0.25, 0.3) is 0 Å². The second-order valence-electron chi connectivity index (χ2n) is 7.51. The summed E-state index contributed by atoms with van der Waals surface area (Å²) in [7, 11) is 1.88. The first kappa shape index (κ1) is 19.5. The first-order chi connectivity index (χ1) is 11.7. The van der Waals surface area contributed by atoms with Gasteiger partial charge >= 0.3 is 0 Å². The molecule has 24 heavy (non-hydrogen) atoms. The van der Waals surface area contributed by atoms with E-state index in [1.807, 2.05) is 7.05 Å². The SMILES string of the molecule is CCOCCC1(CNC(=NC)NCC2CCN(CC)C2)CCCC1. The summed E-state index contributed by atoms with van der Waals surface area (Å²) in [6.07, 6.45) is 7.81. The molecule has 0 bridgehead atoms. The average Bonchev–Trinajstić information content (AvgIpc) is 3.25. The normalized spacial score (nSPS) is 24.5. The van der Waals surface area contributed by atoms with E-state index in [1.54, 1.807) is 0 Å². The molecule has 1 saturated carbocycles. The molecule has 2 aliphatic rings. The molecule has 0 aromatic heterocycles. The summed E-state index contributed by atoms with van der Waals surface area (Å²) in [5.41, 5.74) is 0.402. The zero-order valence-electron chi connectivity index (χ0n) is 16.1. The van der Waals surface area contributed by atoms with Crippen LogP contribution in [0.15, 0.2) is 4.99 Å². The maximum atomic E-state index is 5.61. The van der Waals surface area contributed by atoms with Crippen LogP contribution in [0, 0.1) is 11.3 Å². The van der Waals surface area contributed by atoms with E-state index in [9.17, 15) is 0 Å². The highest BCUT2D eigenvalue weighted by atomic mass is 16.5. The third-order valence-corrected chi connectivity index (χ3v) is 5.87. The molecular weight excluding hydrogens is 300 g/mol. The Hall–Kier alpha value is -0.810. The summed E-state index contributed by atoms with van der Waals surface area (Å²) in [6, 6.07) is 0. The third kappa shape index (κ3) is 5.92. The third-order valence-electron chi connectivity index (χ3n) is 5.87. The summed E-state index contributed by atoms with van der Waals surface area (Å²) in [6.45, 7) is 11.7. The molecule has 2 rings (SSSR count). The van der Waals surface area contributed by atoms with Crippen LogP contribution in [0.4, 0.5) is 0 Å². The van der Waals surface area contributed by atoms with Gasteiger partial charge in [-0.3, -0.25) is 4.99 Å². The lowest BCUT2D eigenvalue weighted by atomic mass is 9.83. The molecule has 0 amide bonds. The molecule has 2 fully saturated rings. The highest BCUT2D eigenvalue weighted by Crippen LogP contribution is 2.40. The number of hydrogen-bond acceptors (Lipinski definition) is 3. The van der Waals surface area contributed by atoms with E-state index in [0.717, 1.165) is 38.2 Å². The van der Waals surface area contributed by atoms with Crippen molar-refractivity contribution >= 4 is 5.96 Å². The van der Waals surface area contributed by atoms with Crippen molar-refractivity contribution in [1.29, 1.82) is 0 Å². The van der Waals surface area contributed by atoms with Crippen LogP contribution in [-0.2, 0) is 4.74 Å². The summed E-state index contributed by atoms with van der Waals surface area (Å²) < 4.78 is 5.61. The molecule has 0 radical (unpaired) electrons. The van der Waals surface area contributed by atoms with E-state index < -0.39 is 0 Å². The molecule has 0 aromatic carbocycles. The minimum atomic E-state index is 0.402. The fourth-order valence-corrected chi connectivity index (χ4v) is 4.17. The minimum absolute atomic E-state index is 0.402. The van der Waals surface area contributed by atoms with Crippen molar-refractivity contribution in [1.82, 2.24) is 15.5 Å². The fourth-order valence-electron chi connectivity index (χ4n) is 4.17. The predicted molar refractivity (Wildman–Crippen MR) is 102 cm³/mol. The van der Waals surface area contributed by atoms with Crippen molar-refractivity contribution in [3.63, 3.8) is 0 Å². The lowest BCUT2D eigenvalue weighted by Crippen LogP contribution is -2.45. The molecule has 2 N–H and O–H groups in total. The van der Waals surface area contributed by atoms with Crippen molar-refractivity contribution in [3.8, 4) is 0 Å². The Kier molecular flexibility index (Phi) is 8.33. The van der Waals surface area contributed by atoms with Crippen molar-refractivity contribution < 1.29 is 4.74 Å². The van der Waals surface area contributed by atoms with Gasteiger partial charge in [0.05, 0.1) is 0 Å². The Labute approximate surface area is 148 Å². The molecule has 0 spiro atoms. The molecule has 1 atom stereocenters. The first-order valence-corrected chi connectivity index (χ1v) is 9.96. The van der Waals surface area contributed by atoms with Gasteiger partial charge in [-0.25, -0.2) is 0 Å². The van der Waals surface area contributed by atoms with Gasteiger partial charge in [-0.2, -0.15) is 0 Å². The number of nitrogens with one attached hydrogen (secondary N) is 2. The van der Waals surface area contributed by atoms with Crippen molar-refractivity contribution in [2.75, 3.05) is 53.0 Å². The molecule has 1 unspecified atom stereocenters. The number of hydrogen-bond donors (Lipinski definition) is 2. The van der Waals surface area contributed by atoms with Gasteiger partial charge in [-0.1, -0.05) is 19.8 Å². The molecule has 140 valence electrons. The van der Waals surface area contributed by atoms with E-state index in [2.05, 4.69) is 34.4 Å². The average molecular weight is 339 g/mol. The van der Waals surface area contributed by atoms with Crippen LogP contribution < -0.4 is 10.6 Å². The molecule has 1 aliphatic heterocycles. The van der Waals surface area contributed by atoms with Gasteiger partial charge in [0.2, 0.25) is 0 Å². The Balaban J connectivity index is 1.73. The maximum Gasteiger partial charge on any atom is 0.191 e. The van der Waals surface area contributed by atoms with Crippen molar-refractivity contribution in [2.45, 2.75) is 52.4 Å². The number of guanidine groups is 1. The van der Waals surface area contributed by atoms with Crippen LogP contribution in [0.25, 0.3) is 0 Å². The van der Waals surface area contributed by atoms with E-state index in [-0.39, 0.29) is 0 Å². The van der Waals surface area contributed by atoms with Crippen LogP contribution in [0.3, 0.4) is 0 Å². The molecule has 1 aliphatic carbocycles. The zero-order chi connectivity index (χ0) is 17.3. The zero-order valence-corrected chi connectivity index (χ0v) is 16.1. The predicted octanol–water partition coefficient (Wildman–Crippen LogP) is 2.48. The molecule has 0 aromatic rings. The van der Waals surface area contributed by atoms with Crippen LogP contribution in [0.5, 0.6) is 0 Å².